The molecule has 0 radical (unpaired) electrons. The highest BCUT2D eigenvalue weighted by Crippen LogP contribution is 2.42. The minimum Gasteiger partial charge on any atom is -0.445 e. The Labute approximate surface area is 130 Å². The Hall–Kier alpha value is -1.88. The predicted octanol–water partition coefficient (Wildman–Crippen LogP) is 2.72. The van der Waals surface area contributed by atoms with Crippen LogP contribution < -0.4 is 0 Å². The zero-order chi connectivity index (χ0) is 15.6. The van der Waals surface area contributed by atoms with Crippen molar-refractivity contribution < 1.29 is 14.6 Å². The van der Waals surface area contributed by atoms with Crippen LogP contribution in [0.15, 0.2) is 30.3 Å². The van der Waals surface area contributed by atoms with Crippen molar-refractivity contribution in [2.45, 2.75) is 56.4 Å². The number of carbonyl (C=O) groups is 1. The lowest BCUT2D eigenvalue weighted by Crippen LogP contribution is -2.53. The number of hydrogen-bond donors (Lipinski definition) is 2. The summed E-state index contributed by atoms with van der Waals surface area (Å²) in [7, 11) is 0. The van der Waals surface area contributed by atoms with Gasteiger partial charge in [0, 0.05) is 18.5 Å². The van der Waals surface area contributed by atoms with Crippen LogP contribution >= 0.6 is 0 Å². The number of fused-ring (bicyclic) bond motifs is 2. The molecule has 2 fully saturated rings. The van der Waals surface area contributed by atoms with Gasteiger partial charge in [-0.1, -0.05) is 30.3 Å². The van der Waals surface area contributed by atoms with Crippen LogP contribution in [0.4, 0.5) is 4.79 Å². The zero-order valence-corrected chi connectivity index (χ0v) is 12.6. The van der Waals surface area contributed by atoms with Gasteiger partial charge in [-0.3, -0.25) is 0 Å². The molecule has 0 spiro atoms. The third-order valence-electron chi connectivity index (χ3n) is 4.75. The van der Waals surface area contributed by atoms with Crippen molar-refractivity contribution in [3.8, 4) is 0 Å². The van der Waals surface area contributed by atoms with Gasteiger partial charge < -0.3 is 20.2 Å². The molecule has 1 amide bonds. The fourth-order valence-corrected chi connectivity index (χ4v) is 3.77. The van der Waals surface area contributed by atoms with E-state index in [1.807, 2.05) is 30.3 Å². The average molecular weight is 302 g/mol. The number of hydrogen-bond acceptors (Lipinski definition) is 4. The van der Waals surface area contributed by atoms with Gasteiger partial charge >= 0.3 is 6.09 Å². The Kier molecular flexibility index (Phi) is 4.16. The van der Waals surface area contributed by atoms with Gasteiger partial charge in [0.1, 0.15) is 6.61 Å². The molecule has 1 aromatic carbocycles. The smallest absolute Gasteiger partial charge is 0.410 e. The first-order chi connectivity index (χ1) is 10.6. The van der Waals surface area contributed by atoms with E-state index in [-0.39, 0.29) is 24.8 Å². The van der Waals surface area contributed by atoms with Crippen LogP contribution in [0, 0.1) is 5.41 Å². The summed E-state index contributed by atoms with van der Waals surface area (Å²) in [6.45, 7) is 0.278. The Morgan fingerprint density at radius 1 is 1.32 bits per heavy atom. The lowest BCUT2D eigenvalue weighted by atomic mass is 9.84. The van der Waals surface area contributed by atoms with Crippen LogP contribution in [0.25, 0.3) is 0 Å². The van der Waals surface area contributed by atoms with Gasteiger partial charge in [-0.15, -0.1) is 0 Å². The number of benzene rings is 1. The fourth-order valence-electron chi connectivity index (χ4n) is 3.77. The van der Waals surface area contributed by atoms with Crippen molar-refractivity contribution in [1.82, 2.24) is 4.90 Å². The second kappa shape index (κ2) is 6.08. The van der Waals surface area contributed by atoms with E-state index in [9.17, 15) is 9.90 Å². The van der Waals surface area contributed by atoms with Gasteiger partial charge in [0.15, 0.2) is 0 Å². The predicted molar refractivity (Wildman–Crippen MR) is 82.9 cm³/mol. The molecule has 2 heterocycles. The van der Waals surface area contributed by atoms with E-state index in [0.29, 0.717) is 19.3 Å². The molecule has 3 rings (SSSR count). The number of aliphatic hydroxyl groups is 1. The first kappa shape index (κ1) is 15.0. The monoisotopic (exact) mass is 302 g/mol. The van der Waals surface area contributed by atoms with E-state index in [4.69, 9.17) is 10.1 Å². The molecule has 5 nitrogen and oxygen atoms in total. The van der Waals surface area contributed by atoms with E-state index < -0.39 is 5.60 Å². The molecule has 2 unspecified atom stereocenters. The molecular formula is C17H22N2O3. The molecule has 2 atom stereocenters. The summed E-state index contributed by atoms with van der Waals surface area (Å²) in [5.41, 5.74) is 0.143. The SMILES string of the molecule is N=CCC1(O)CC2CCC(C1)N2C(=O)OCc1ccccc1. The molecule has 0 aliphatic carbocycles. The maximum atomic E-state index is 12.4. The van der Waals surface area contributed by atoms with Crippen LogP contribution in [0.5, 0.6) is 0 Å². The first-order valence-electron chi connectivity index (χ1n) is 7.82. The van der Waals surface area contributed by atoms with Crippen molar-refractivity contribution in [2.24, 2.45) is 0 Å². The van der Waals surface area contributed by atoms with Crippen LogP contribution in [0.2, 0.25) is 0 Å². The van der Waals surface area contributed by atoms with E-state index >= 15 is 0 Å². The summed E-state index contributed by atoms with van der Waals surface area (Å²) >= 11 is 0. The van der Waals surface area contributed by atoms with Crippen LogP contribution in [-0.2, 0) is 11.3 Å². The number of piperidine rings is 1. The molecule has 2 N–H and O–H groups in total. The zero-order valence-electron chi connectivity index (χ0n) is 12.6. The van der Waals surface area contributed by atoms with Crippen LogP contribution in [-0.4, -0.2) is 40.0 Å². The first-order valence-corrected chi connectivity index (χ1v) is 7.82. The summed E-state index contributed by atoms with van der Waals surface area (Å²) in [6, 6.07) is 9.71. The normalized spacial score (nSPS) is 30.1. The summed E-state index contributed by atoms with van der Waals surface area (Å²) in [5, 5.41) is 17.8. The summed E-state index contributed by atoms with van der Waals surface area (Å²) in [5.74, 6) is 0. The number of nitrogens with zero attached hydrogens (tertiary/aromatic N) is 1. The van der Waals surface area contributed by atoms with E-state index in [2.05, 4.69) is 0 Å². The molecule has 118 valence electrons. The minimum atomic E-state index is -0.830. The third kappa shape index (κ3) is 2.99. The van der Waals surface area contributed by atoms with Gasteiger partial charge in [-0.25, -0.2) is 4.79 Å². The lowest BCUT2D eigenvalue weighted by molar-refractivity contribution is -0.0435. The summed E-state index contributed by atoms with van der Waals surface area (Å²) < 4.78 is 5.44. The summed E-state index contributed by atoms with van der Waals surface area (Å²) in [4.78, 5) is 14.2. The molecule has 2 bridgehead atoms. The van der Waals surface area contributed by atoms with E-state index in [1.54, 1.807) is 4.90 Å². The maximum Gasteiger partial charge on any atom is 0.410 e. The van der Waals surface area contributed by atoms with E-state index in [0.717, 1.165) is 18.4 Å². The highest BCUT2D eigenvalue weighted by molar-refractivity contribution is 5.69. The molecular weight excluding hydrogens is 280 g/mol. The Bertz CT molecular complexity index is 532. The van der Waals surface area contributed by atoms with Gasteiger partial charge in [0.25, 0.3) is 0 Å². The summed E-state index contributed by atoms with van der Waals surface area (Å²) in [6.07, 6.45) is 4.25. The number of amides is 1. The van der Waals surface area contributed by atoms with Crippen molar-refractivity contribution in [3.63, 3.8) is 0 Å². The number of ether oxygens (including phenoxy) is 1. The number of nitrogens with one attached hydrogen (secondary N) is 1. The molecule has 2 aliphatic rings. The fraction of sp³-hybridized carbons (Fsp3) is 0.529. The number of rotatable bonds is 4. The Balaban J connectivity index is 1.61. The molecule has 22 heavy (non-hydrogen) atoms. The highest BCUT2D eigenvalue weighted by Gasteiger charge is 2.49. The van der Waals surface area contributed by atoms with Crippen molar-refractivity contribution in [2.75, 3.05) is 0 Å². The van der Waals surface area contributed by atoms with Gasteiger partial charge in [-0.2, -0.15) is 0 Å². The molecule has 0 aromatic heterocycles. The molecule has 2 aliphatic heterocycles. The largest absolute Gasteiger partial charge is 0.445 e. The molecule has 2 saturated heterocycles. The maximum absolute atomic E-state index is 12.4. The highest BCUT2D eigenvalue weighted by atomic mass is 16.6. The Morgan fingerprint density at radius 2 is 1.95 bits per heavy atom. The van der Waals surface area contributed by atoms with Crippen molar-refractivity contribution in [1.29, 1.82) is 5.41 Å². The average Bonchev–Trinajstić information content (AvgIpc) is 2.79. The quantitative estimate of drug-likeness (QED) is 0.840. The standard InChI is InChI=1S/C17H22N2O3/c18-9-8-17(21)10-14-6-7-15(11-17)19(14)16(20)22-12-13-4-2-1-3-5-13/h1-5,9,14-15,18,21H,6-8,10-12H2. The van der Waals surface area contributed by atoms with Crippen molar-refractivity contribution in [3.05, 3.63) is 35.9 Å². The van der Waals surface area contributed by atoms with Gasteiger partial charge in [0.2, 0.25) is 0 Å². The van der Waals surface area contributed by atoms with Crippen molar-refractivity contribution >= 4 is 12.3 Å². The van der Waals surface area contributed by atoms with Gasteiger partial charge in [-0.05, 0) is 37.5 Å². The second-order valence-corrected chi connectivity index (χ2v) is 6.37. The molecule has 1 aromatic rings. The van der Waals surface area contributed by atoms with Crippen LogP contribution in [0.1, 0.15) is 37.7 Å². The topological polar surface area (TPSA) is 73.6 Å². The third-order valence-corrected chi connectivity index (χ3v) is 4.75. The van der Waals surface area contributed by atoms with Gasteiger partial charge in [0.05, 0.1) is 5.60 Å². The molecule has 0 saturated carbocycles. The lowest BCUT2D eigenvalue weighted by Gasteiger charge is -2.42. The minimum absolute atomic E-state index is 0.0342. The van der Waals surface area contributed by atoms with Crippen LogP contribution in [0.3, 0.4) is 0 Å². The Morgan fingerprint density at radius 3 is 2.55 bits per heavy atom. The van der Waals surface area contributed by atoms with E-state index in [1.165, 1.54) is 6.21 Å². The number of carbonyl (C=O) groups excluding carboxylic acids is 1. The molecule has 5 heteroatoms. The second-order valence-electron chi connectivity index (χ2n) is 6.37.